The van der Waals surface area contributed by atoms with Crippen LogP contribution < -0.4 is 5.32 Å². The molecule has 0 radical (unpaired) electrons. The first-order chi connectivity index (χ1) is 14.8. The predicted molar refractivity (Wildman–Crippen MR) is 109 cm³/mol. The van der Waals surface area contributed by atoms with Crippen molar-refractivity contribution in [2.75, 3.05) is 5.32 Å². The molecule has 0 saturated heterocycles. The molecule has 0 saturated carbocycles. The lowest BCUT2D eigenvalue weighted by molar-refractivity contribution is -0.142. The maximum atomic E-state index is 13.6. The van der Waals surface area contributed by atoms with E-state index in [1.165, 1.54) is 30.7 Å². The molecular formula is C22H16F3N5O. The quantitative estimate of drug-likeness (QED) is 0.506. The van der Waals surface area contributed by atoms with Crippen LogP contribution in [0.25, 0.3) is 17.1 Å². The number of aromatic nitrogens is 4. The first-order valence-corrected chi connectivity index (χ1v) is 9.23. The number of hydrogen-bond donors (Lipinski definition) is 1. The van der Waals surface area contributed by atoms with Crippen molar-refractivity contribution >= 4 is 11.6 Å². The molecular weight excluding hydrogens is 407 g/mol. The fourth-order valence-corrected chi connectivity index (χ4v) is 2.99. The number of amides is 1. The minimum atomic E-state index is -4.63. The predicted octanol–water partition coefficient (Wildman–Crippen LogP) is 4.91. The van der Waals surface area contributed by atoms with Gasteiger partial charge in [-0.05, 0) is 49.4 Å². The van der Waals surface area contributed by atoms with E-state index in [1.807, 2.05) is 13.0 Å². The third-order valence-electron chi connectivity index (χ3n) is 4.46. The van der Waals surface area contributed by atoms with E-state index < -0.39 is 11.9 Å². The largest absolute Gasteiger partial charge is 0.433 e. The second-order valence-corrected chi connectivity index (χ2v) is 6.79. The summed E-state index contributed by atoms with van der Waals surface area (Å²) in [6.07, 6.45) is -0.386. The zero-order valence-electron chi connectivity index (χ0n) is 16.3. The molecule has 0 unspecified atom stereocenters. The second kappa shape index (κ2) is 8.02. The number of nitrogens with one attached hydrogen (secondary N) is 1. The highest BCUT2D eigenvalue weighted by atomic mass is 19.4. The van der Waals surface area contributed by atoms with Gasteiger partial charge in [0.15, 0.2) is 11.5 Å². The summed E-state index contributed by atoms with van der Waals surface area (Å²) in [5.41, 5.74) is 1.37. The SMILES string of the molecule is Cc1cccc(C(=O)Nc2ccc(-n3nc(-c4cccnc4)cc3C(F)(F)F)nc2)c1. The van der Waals surface area contributed by atoms with Crippen molar-refractivity contribution in [3.8, 4) is 17.1 Å². The van der Waals surface area contributed by atoms with Crippen LogP contribution in [0.1, 0.15) is 21.6 Å². The molecule has 3 heterocycles. The number of halogens is 3. The van der Waals surface area contributed by atoms with Crippen molar-refractivity contribution in [2.45, 2.75) is 13.1 Å². The van der Waals surface area contributed by atoms with Gasteiger partial charge in [0.05, 0.1) is 17.6 Å². The Morgan fingerprint density at radius 2 is 1.87 bits per heavy atom. The highest BCUT2D eigenvalue weighted by Crippen LogP contribution is 2.33. The molecule has 0 aliphatic heterocycles. The molecule has 31 heavy (non-hydrogen) atoms. The molecule has 0 bridgehead atoms. The molecule has 4 aromatic rings. The number of hydrogen-bond acceptors (Lipinski definition) is 4. The molecule has 0 aliphatic carbocycles. The Morgan fingerprint density at radius 1 is 1.03 bits per heavy atom. The number of pyridine rings is 2. The van der Waals surface area contributed by atoms with Gasteiger partial charge in [-0.3, -0.25) is 9.78 Å². The van der Waals surface area contributed by atoms with E-state index >= 15 is 0 Å². The Hall–Kier alpha value is -4.01. The number of nitrogens with zero attached hydrogens (tertiary/aromatic N) is 4. The zero-order chi connectivity index (χ0) is 22.0. The lowest BCUT2D eigenvalue weighted by atomic mass is 10.1. The van der Waals surface area contributed by atoms with Gasteiger partial charge in [-0.1, -0.05) is 17.7 Å². The van der Waals surface area contributed by atoms with Crippen LogP contribution >= 0.6 is 0 Å². The highest BCUT2D eigenvalue weighted by molar-refractivity contribution is 6.04. The summed E-state index contributed by atoms with van der Waals surface area (Å²) in [6.45, 7) is 1.87. The van der Waals surface area contributed by atoms with E-state index in [0.29, 0.717) is 16.8 Å². The van der Waals surface area contributed by atoms with Crippen molar-refractivity contribution in [3.05, 3.63) is 90.0 Å². The summed E-state index contributed by atoms with van der Waals surface area (Å²) >= 11 is 0. The van der Waals surface area contributed by atoms with E-state index in [-0.39, 0.29) is 17.4 Å². The summed E-state index contributed by atoms with van der Waals surface area (Å²) in [7, 11) is 0. The average molecular weight is 423 g/mol. The summed E-state index contributed by atoms with van der Waals surface area (Å²) in [5, 5.41) is 6.75. The van der Waals surface area contributed by atoms with Gasteiger partial charge in [0.25, 0.3) is 5.91 Å². The molecule has 156 valence electrons. The van der Waals surface area contributed by atoms with Crippen molar-refractivity contribution < 1.29 is 18.0 Å². The van der Waals surface area contributed by atoms with Gasteiger partial charge in [-0.2, -0.15) is 18.3 Å². The third-order valence-corrected chi connectivity index (χ3v) is 4.46. The maximum absolute atomic E-state index is 13.6. The molecule has 0 spiro atoms. The number of anilines is 1. The third kappa shape index (κ3) is 4.45. The number of alkyl halides is 3. The average Bonchev–Trinajstić information content (AvgIpc) is 3.21. The molecule has 1 aromatic carbocycles. The molecule has 1 amide bonds. The summed E-state index contributed by atoms with van der Waals surface area (Å²) in [5.74, 6) is -0.372. The van der Waals surface area contributed by atoms with Crippen LogP contribution in [0.5, 0.6) is 0 Å². The van der Waals surface area contributed by atoms with Gasteiger partial charge in [0, 0.05) is 23.5 Å². The minimum Gasteiger partial charge on any atom is -0.321 e. The Bertz CT molecular complexity index is 1220. The molecule has 0 atom stereocenters. The lowest BCUT2D eigenvalue weighted by Crippen LogP contribution is -2.15. The van der Waals surface area contributed by atoms with E-state index in [4.69, 9.17) is 0 Å². The zero-order valence-corrected chi connectivity index (χ0v) is 16.3. The first-order valence-electron chi connectivity index (χ1n) is 9.23. The topological polar surface area (TPSA) is 72.7 Å². The van der Waals surface area contributed by atoms with E-state index in [2.05, 4.69) is 20.4 Å². The first kappa shape index (κ1) is 20.3. The van der Waals surface area contributed by atoms with Gasteiger partial charge in [0.2, 0.25) is 0 Å². The minimum absolute atomic E-state index is 0.0315. The van der Waals surface area contributed by atoms with E-state index in [0.717, 1.165) is 16.3 Å². The maximum Gasteiger partial charge on any atom is 0.433 e. The summed E-state index contributed by atoms with van der Waals surface area (Å²) in [6, 6.07) is 14.1. The molecule has 1 N–H and O–H groups in total. The van der Waals surface area contributed by atoms with Gasteiger partial charge >= 0.3 is 6.18 Å². The van der Waals surface area contributed by atoms with Crippen molar-refractivity contribution in [3.63, 3.8) is 0 Å². The highest BCUT2D eigenvalue weighted by Gasteiger charge is 2.36. The normalized spacial score (nSPS) is 11.4. The molecule has 4 rings (SSSR count). The van der Waals surface area contributed by atoms with Crippen LogP contribution in [-0.2, 0) is 6.18 Å². The molecule has 3 aromatic heterocycles. The molecule has 0 fully saturated rings. The number of benzene rings is 1. The van der Waals surface area contributed by atoms with Crippen LogP contribution in [0.15, 0.2) is 73.2 Å². The Kier molecular flexibility index (Phi) is 5.24. The standard InChI is InChI=1S/C22H16F3N5O/c1-14-4-2-5-15(10-14)21(31)28-17-7-8-20(27-13-17)30-19(22(23,24)25)11-18(29-30)16-6-3-9-26-12-16/h2-13H,1H3,(H,28,31). The number of carbonyl (C=O) groups is 1. The van der Waals surface area contributed by atoms with E-state index in [1.54, 1.807) is 30.3 Å². The fourth-order valence-electron chi connectivity index (χ4n) is 2.99. The summed E-state index contributed by atoms with van der Waals surface area (Å²) < 4.78 is 41.5. The van der Waals surface area contributed by atoms with Crippen molar-refractivity contribution in [1.82, 2.24) is 19.7 Å². The van der Waals surface area contributed by atoms with Gasteiger partial charge in [-0.25, -0.2) is 9.67 Å². The second-order valence-electron chi connectivity index (χ2n) is 6.79. The Labute approximate surface area is 175 Å². The van der Waals surface area contributed by atoms with Crippen LogP contribution in [0.2, 0.25) is 0 Å². The lowest BCUT2D eigenvalue weighted by Gasteiger charge is -2.10. The van der Waals surface area contributed by atoms with Crippen molar-refractivity contribution in [2.24, 2.45) is 0 Å². The Balaban J connectivity index is 1.63. The number of carbonyl (C=O) groups excluding carboxylic acids is 1. The monoisotopic (exact) mass is 423 g/mol. The fraction of sp³-hybridized carbons (Fsp3) is 0.0909. The number of aryl methyl sites for hydroxylation is 1. The van der Waals surface area contributed by atoms with Crippen molar-refractivity contribution in [1.29, 1.82) is 0 Å². The van der Waals surface area contributed by atoms with Gasteiger partial charge in [0.1, 0.15) is 0 Å². The van der Waals surface area contributed by atoms with Crippen LogP contribution in [-0.4, -0.2) is 25.7 Å². The number of rotatable bonds is 4. The molecule has 6 nitrogen and oxygen atoms in total. The van der Waals surface area contributed by atoms with Crippen LogP contribution in [0, 0.1) is 6.92 Å². The van der Waals surface area contributed by atoms with Crippen LogP contribution in [0.4, 0.5) is 18.9 Å². The van der Waals surface area contributed by atoms with Gasteiger partial charge in [-0.15, -0.1) is 0 Å². The van der Waals surface area contributed by atoms with E-state index in [9.17, 15) is 18.0 Å². The molecule has 9 heteroatoms. The Morgan fingerprint density at radius 3 is 2.52 bits per heavy atom. The summed E-state index contributed by atoms with van der Waals surface area (Å²) in [4.78, 5) is 20.3. The molecule has 0 aliphatic rings. The van der Waals surface area contributed by atoms with Crippen LogP contribution in [0.3, 0.4) is 0 Å². The van der Waals surface area contributed by atoms with Gasteiger partial charge < -0.3 is 5.32 Å². The smallest absolute Gasteiger partial charge is 0.321 e.